The Morgan fingerprint density at radius 3 is 2.87 bits per heavy atom. The Morgan fingerprint density at radius 1 is 1.47 bits per heavy atom. The highest BCUT2D eigenvalue weighted by Gasteiger charge is 2.25. The number of carbonyl (C=O) groups excluding carboxylic acids is 1. The zero-order valence-corrected chi connectivity index (χ0v) is 10.9. The Bertz CT molecular complexity index is 195. The summed E-state index contributed by atoms with van der Waals surface area (Å²) in [5.74, 6) is 3.53. The second kappa shape index (κ2) is 7.39. The van der Waals surface area contributed by atoms with Crippen LogP contribution in [-0.4, -0.2) is 41.8 Å². The van der Waals surface area contributed by atoms with E-state index in [1.807, 2.05) is 23.7 Å². The Kier molecular flexibility index (Phi) is 6.50. The predicted octanol–water partition coefficient (Wildman–Crippen LogP) is 2.61. The van der Waals surface area contributed by atoms with Gasteiger partial charge in [0.2, 0.25) is 5.91 Å². The summed E-state index contributed by atoms with van der Waals surface area (Å²) in [5, 5.41) is 0. The summed E-state index contributed by atoms with van der Waals surface area (Å²) in [6, 6.07) is 0. The molecule has 0 N–H and O–H groups in total. The fourth-order valence-corrected chi connectivity index (χ4v) is 3.17. The number of hydrogen-bond donors (Lipinski definition) is 0. The fourth-order valence-electron chi connectivity index (χ4n) is 1.77. The van der Waals surface area contributed by atoms with Crippen LogP contribution < -0.4 is 0 Å². The number of thioether (sulfide) groups is 1. The van der Waals surface area contributed by atoms with E-state index in [9.17, 15) is 4.79 Å². The highest BCUT2D eigenvalue weighted by molar-refractivity contribution is 7.99. The molecule has 1 fully saturated rings. The summed E-state index contributed by atoms with van der Waals surface area (Å²) in [7, 11) is 1.92. The molecule has 4 heteroatoms. The Labute approximate surface area is 102 Å². The van der Waals surface area contributed by atoms with Crippen LogP contribution in [0.25, 0.3) is 0 Å². The van der Waals surface area contributed by atoms with E-state index >= 15 is 0 Å². The number of hydrogen-bond acceptors (Lipinski definition) is 2. The highest BCUT2D eigenvalue weighted by Crippen LogP contribution is 2.24. The minimum atomic E-state index is 0.285. The van der Waals surface area contributed by atoms with Crippen molar-refractivity contribution in [3.63, 3.8) is 0 Å². The summed E-state index contributed by atoms with van der Waals surface area (Å²) in [4.78, 5) is 13.8. The third-order valence-electron chi connectivity index (χ3n) is 2.78. The molecule has 1 unspecified atom stereocenters. The van der Waals surface area contributed by atoms with E-state index in [2.05, 4.69) is 0 Å². The van der Waals surface area contributed by atoms with Gasteiger partial charge in [-0.3, -0.25) is 4.79 Å². The zero-order valence-electron chi connectivity index (χ0n) is 9.38. The van der Waals surface area contributed by atoms with Gasteiger partial charge in [-0.2, -0.15) is 11.8 Å². The van der Waals surface area contributed by atoms with Crippen LogP contribution in [0, 0.1) is 5.92 Å². The molecule has 1 aliphatic rings. The molecule has 15 heavy (non-hydrogen) atoms. The first-order valence-corrected chi connectivity index (χ1v) is 7.33. The van der Waals surface area contributed by atoms with Gasteiger partial charge < -0.3 is 4.90 Å². The minimum Gasteiger partial charge on any atom is -0.345 e. The van der Waals surface area contributed by atoms with Crippen LogP contribution in [0.15, 0.2) is 0 Å². The molecule has 0 aromatic carbocycles. The Morgan fingerprint density at radius 2 is 2.27 bits per heavy atom. The van der Waals surface area contributed by atoms with Crippen LogP contribution in [0.4, 0.5) is 0 Å². The van der Waals surface area contributed by atoms with E-state index in [0.717, 1.165) is 49.6 Å². The summed E-state index contributed by atoms with van der Waals surface area (Å²) >= 11 is 7.49. The van der Waals surface area contributed by atoms with E-state index < -0.39 is 0 Å². The third kappa shape index (κ3) is 4.64. The quantitative estimate of drug-likeness (QED) is 0.533. The van der Waals surface area contributed by atoms with Crippen molar-refractivity contribution in [2.24, 2.45) is 5.92 Å². The van der Waals surface area contributed by atoms with E-state index in [4.69, 9.17) is 11.6 Å². The van der Waals surface area contributed by atoms with Gasteiger partial charge in [0.1, 0.15) is 0 Å². The van der Waals surface area contributed by atoms with Crippen LogP contribution in [-0.2, 0) is 4.79 Å². The van der Waals surface area contributed by atoms with Crippen LogP contribution in [0.5, 0.6) is 0 Å². The number of halogens is 1. The van der Waals surface area contributed by atoms with Crippen LogP contribution >= 0.6 is 23.4 Å². The second-order valence-electron chi connectivity index (χ2n) is 4.07. The molecule has 88 valence electrons. The maximum Gasteiger partial charge on any atom is 0.226 e. The number of amides is 1. The lowest BCUT2D eigenvalue weighted by Crippen LogP contribution is -2.33. The molecule has 0 aliphatic carbocycles. The smallest absolute Gasteiger partial charge is 0.226 e. The predicted molar refractivity (Wildman–Crippen MR) is 67.6 cm³/mol. The van der Waals surface area contributed by atoms with E-state index in [1.54, 1.807) is 0 Å². The lowest BCUT2D eigenvalue weighted by molar-refractivity contribution is -0.133. The van der Waals surface area contributed by atoms with Gasteiger partial charge in [0.25, 0.3) is 0 Å². The molecule has 0 spiro atoms. The molecular formula is C11H20ClNOS. The monoisotopic (exact) mass is 249 g/mol. The van der Waals surface area contributed by atoms with Gasteiger partial charge in [0.05, 0.1) is 0 Å². The molecule has 0 aromatic rings. The minimum absolute atomic E-state index is 0.285. The number of unbranched alkanes of at least 4 members (excludes halogenated alkanes) is 2. The summed E-state index contributed by atoms with van der Waals surface area (Å²) in [6.07, 6.45) is 4.33. The molecule has 0 radical (unpaired) electrons. The number of alkyl halides is 1. The van der Waals surface area contributed by atoms with Crippen molar-refractivity contribution in [2.75, 3.05) is 31.0 Å². The van der Waals surface area contributed by atoms with Crippen molar-refractivity contribution in [3.05, 3.63) is 0 Å². The van der Waals surface area contributed by atoms with Crippen molar-refractivity contribution < 1.29 is 4.79 Å². The van der Waals surface area contributed by atoms with Gasteiger partial charge >= 0.3 is 0 Å². The van der Waals surface area contributed by atoms with Gasteiger partial charge in [0.15, 0.2) is 0 Å². The second-order valence-corrected chi connectivity index (χ2v) is 5.60. The van der Waals surface area contributed by atoms with Gasteiger partial charge in [-0.1, -0.05) is 6.42 Å². The van der Waals surface area contributed by atoms with Crippen LogP contribution in [0.2, 0.25) is 0 Å². The lowest BCUT2D eigenvalue weighted by Gasteiger charge is -2.20. The molecule has 1 atom stereocenters. The van der Waals surface area contributed by atoms with Gasteiger partial charge in [0, 0.05) is 31.1 Å². The molecule has 0 saturated carbocycles. The standard InChI is InChI=1S/C11H20ClNOS/c1-13(7-4-2-3-6-12)11(14)10-5-8-15-9-10/h10H,2-9H2,1H3. The first kappa shape index (κ1) is 13.2. The molecule has 2 nitrogen and oxygen atoms in total. The van der Waals surface area contributed by atoms with Crippen molar-refractivity contribution >= 4 is 29.3 Å². The van der Waals surface area contributed by atoms with Gasteiger partial charge in [-0.15, -0.1) is 11.6 Å². The van der Waals surface area contributed by atoms with Crippen LogP contribution in [0.1, 0.15) is 25.7 Å². The van der Waals surface area contributed by atoms with Crippen molar-refractivity contribution in [1.29, 1.82) is 0 Å². The van der Waals surface area contributed by atoms with Crippen molar-refractivity contribution in [2.45, 2.75) is 25.7 Å². The summed E-state index contributed by atoms with van der Waals surface area (Å²) in [5.41, 5.74) is 0. The van der Waals surface area contributed by atoms with Crippen molar-refractivity contribution in [1.82, 2.24) is 4.90 Å². The molecule has 1 aliphatic heterocycles. The summed E-state index contributed by atoms with van der Waals surface area (Å²) < 4.78 is 0. The average Bonchev–Trinajstić information content (AvgIpc) is 2.76. The van der Waals surface area contributed by atoms with Crippen molar-refractivity contribution in [3.8, 4) is 0 Å². The summed E-state index contributed by atoms with van der Waals surface area (Å²) in [6.45, 7) is 0.886. The molecule has 0 aromatic heterocycles. The molecule has 1 heterocycles. The average molecular weight is 250 g/mol. The Balaban J connectivity index is 2.14. The zero-order chi connectivity index (χ0) is 11.1. The number of nitrogens with zero attached hydrogens (tertiary/aromatic N) is 1. The topological polar surface area (TPSA) is 20.3 Å². The van der Waals surface area contributed by atoms with Gasteiger partial charge in [-0.05, 0) is 25.0 Å². The largest absolute Gasteiger partial charge is 0.345 e. The van der Waals surface area contributed by atoms with E-state index in [0.29, 0.717) is 5.91 Å². The SMILES string of the molecule is CN(CCCCCCl)C(=O)C1CCSC1. The van der Waals surface area contributed by atoms with Crippen LogP contribution in [0.3, 0.4) is 0 Å². The molecule has 1 amide bonds. The normalized spacial score (nSPS) is 20.5. The highest BCUT2D eigenvalue weighted by atomic mass is 35.5. The molecule has 0 bridgehead atoms. The maximum atomic E-state index is 11.9. The fraction of sp³-hybridized carbons (Fsp3) is 0.909. The maximum absolute atomic E-state index is 11.9. The number of carbonyl (C=O) groups is 1. The first-order valence-electron chi connectivity index (χ1n) is 5.64. The Hall–Kier alpha value is 0.110. The van der Waals surface area contributed by atoms with E-state index in [-0.39, 0.29) is 5.92 Å². The molecule has 1 saturated heterocycles. The van der Waals surface area contributed by atoms with E-state index in [1.165, 1.54) is 0 Å². The lowest BCUT2D eigenvalue weighted by atomic mass is 10.1. The number of rotatable bonds is 6. The first-order chi connectivity index (χ1) is 7.25. The van der Waals surface area contributed by atoms with Gasteiger partial charge in [-0.25, -0.2) is 0 Å². The molecular weight excluding hydrogens is 230 g/mol. The molecule has 1 rings (SSSR count). The third-order valence-corrected chi connectivity index (χ3v) is 4.21.